The van der Waals surface area contributed by atoms with Crippen LogP contribution in [0.1, 0.15) is 12.8 Å². The summed E-state index contributed by atoms with van der Waals surface area (Å²) >= 11 is 0. The van der Waals surface area contributed by atoms with Gasteiger partial charge in [0.1, 0.15) is 0 Å². The Kier molecular flexibility index (Phi) is 2.84. The Balaban J connectivity index is 2.23. The first-order chi connectivity index (χ1) is 6.92. The molecule has 2 nitrogen and oxygen atoms in total. The predicted molar refractivity (Wildman–Crippen MR) is 60.1 cm³/mol. The zero-order chi connectivity index (χ0) is 9.80. The lowest BCUT2D eigenvalue weighted by Gasteiger charge is -2.32. The SMILES string of the molecule is NCC1CCC=CN1c1ccccc1. The maximum Gasteiger partial charge on any atom is 0.0461 e. The number of nitrogens with two attached hydrogens (primary N) is 1. The summed E-state index contributed by atoms with van der Waals surface area (Å²) in [5.41, 5.74) is 6.99. The topological polar surface area (TPSA) is 29.3 Å². The van der Waals surface area contributed by atoms with Gasteiger partial charge < -0.3 is 10.6 Å². The Morgan fingerprint density at radius 3 is 2.79 bits per heavy atom. The lowest BCUT2D eigenvalue weighted by atomic mass is 10.1. The number of benzene rings is 1. The summed E-state index contributed by atoms with van der Waals surface area (Å²) in [6.45, 7) is 0.721. The molecule has 14 heavy (non-hydrogen) atoms. The van der Waals surface area contributed by atoms with E-state index in [1.807, 2.05) is 6.07 Å². The minimum absolute atomic E-state index is 0.461. The van der Waals surface area contributed by atoms with E-state index in [0.29, 0.717) is 6.04 Å². The zero-order valence-corrected chi connectivity index (χ0v) is 8.26. The van der Waals surface area contributed by atoms with Crippen LogP contribution in [0.5, 0.6) is 0 Å². The summed E-state index contributed by atoms with van der Waals surface area (Å²) in [6, 6.07) is 10.9. The number of para-hydroxylation sites is 1. The summed E-state index contributed by atoms with van der Waals surface area (Å²) in [4.78, 5) is 2.27. The molecular weight excluding hydrogens is 172 g/mol. The summed E-state index contributed by atoms with van der Waals surface area (Å²) in [7, 11) is 0. The number of hydrogen-bond acceptors (Lipinski definition) is 2. The second-order valence-electron chi connectivity index (χ2n) is 3.59. The number of rotatable bonds is 2. The Morgan fingerprint density at radius 2 is 2.07 bits per heavy atom. The average molecular weight is 188 g/mol. The standard InChI is InChI=1S/C12H16N2/c13-10-12-8-4-5-9-14(12)11-6-2-1-3-7-11/h1-3,5-7,9,12H,4,8,10,13H2. The van der Waals surface area contributed by atoms with Gasteiger partial charge in [-0.15, -0.1) is 0 Å². The van der Waals surface area contributed by atoms with Crippen molar-refractivity contribution in [1.82, 2.24) is 0 Å². The van der Waals surface area contributed by atoms with Crippen molar-refractivity contribution in [3.8, 4) is 0 Å². The molecule has 0 radical (unpaired) electrons. The Bertz CT molecular complexity index is 305. The average Bonchev–Trinajstić information content (AvgIpc) is 2.30. The van der Waals surface area contributed by atoms with Gasteiger partial charge in [-0.3, -0.25) is 0 Å². The fraction of sp³-hybridized carbons (Fsp3) is 0.333. The zero-order valence-electron chi connectivity index (χ0n) is 8.26. The minimum Gasteiger partial charge on any atom is -0.344 e. The van der Waals surface area contributed by atoms with Gasteiger partial charge in [-0.25, -0.2) is 0 Å². The van der Waals surface area contributed by atoms with Crippen LogP contribution in [-0.2, 0) is 0 Å². The van der Waals surface area contributed by atoms with Crippen LogP contribution in [0.25, 0.3) is 0 Å². The van der Waals surface area contributed by atoms with Crippen molar-refractivity contribution in [3.63, 3.8) is 0 Å². The lowest BCUT2D eigenvalue weighted by Crippen LogP contribution is -2.38. The molecule has 0 fully saturated rings. The van der Waals surface area contributed by atoms with Gasteiger partial charge >= 0.3 is 0 Å². The summed E-state index contributed by atoms with van der Waals surface area (Å²) in [5, 5.41) is 0. The molecule has 1 aliphatic rings. The number of nitrogens with zero attached hydrogens (tertiary/aromatic N) is 1. The van der Waals surface area contributed by atoms with Crippen LogP contribution in [-0.4, -0.2) is 12.6 Å². The lowest BCUT2D eigenvalue weighted by molar-refractivity contribution is 0.589. The number of hydrogen-bond donors (Lipinski definition) is 1. The van der Waals surface area contributed by atoms with E-state index < -0.39 is 0 Å². The molecule has 1 unspecified atom stereocenters. The molecule has 0 bridgehead atoms. The molecule has 2 rings (SSSR count). The van der Waals surface area contributed by atoms with Crippen molar-refractivity contribution < 1.29 is 0 Å². The van der Waals surface area contributed by atoms with E-state index in [4.69, 9.17) is 5.73 Å². The molecule has 1 aliphatic heterocycles. The highest BCUT2D eigenvalue weighted by Crippen LogP contribution is 2.22. The van der Waals surface area contributed by atoms with E-state index in [2.05, 4.69) is 41.4 Å². The monoisotopic (exact) mass is 188 g/mol. The molecule has 0 amide bonds. The van der Waals surface area contributed by atoms with E-state index in [1.165, 1.54) is 5.69 Å². The molecule has 1 atom stereocenters. The van der Waals surface area contributed by atoms with Gasteiger partial charge in [0.25, 0.3) is 0 Å². The van der Waals surface area contributed by atoms with Crippen LogP contribution >= 0.6 is 0 Å². The van der Waals surface area contributed by atoms with Gasteiger partial charge in [0.15, 0.2) is 0 Å². The van der Waals surface area contributed by atoms with E-state index in [9.17, 15) is 0 Å². The van der Waals surface area contributed by atoms with Gasteiger partial charge in [-0.05, 0) is 25.0 Å². The highest BCUT2D eigenvalue weighted by atomic mass is 15.2. The van der Waals surface area contributed by atoms with E-state index in [0.717, 1.165) is 19.4 Å². The highest BCUT2D eigenvalue weighted by molar-refractivity contribution is 5.50. The Labute approximate surface area is 85.0 Å². The van der Waals surface area contributed by atoms with Gasteiger partial charge in [0, 0.05) is 24.5 Å². The van der Waals surface area contributed by atoms with E-state index in [-0.39, 0.29) is 0 Å². The Hall–Kier alpha value is -1.28. The number of allylic oxidation sites excluding steroid dienone is 1. The normalized spacial score (nSPS) is 21.2. The molecule has 0 saturated heterocycles. The molecule has 2 N–H and O–H groups in total. The quantitative estimate of drug-likeness (QED) is 0.770. The van der Waals surface area contributed by atoms with Crippen molar-refractivity contribution in [1.29, 1.82) is 0 Å². The first-order valence-electron chi connectivity index (χ1n) is 5.12. The molecular formula is C12H16N2. The molecule has 1 heterocycles. The first-order valence-corrected chi connectivity index (χ1v) is 5.12. The fourth-order valence-corrected chi connectivity index (χ4v) is 1.87. The molecule has 74 valence electrons. The van der Waals surface area contributed by atoms with Crippen LogP contribution in [0.4, 0.5) is 5.69 Å². The third-order valence-electron chi connectivity index (χ3n) is 2.65. The van der Waals surface area contributed by atoms with Gasteiger partial charge in [0.2, 0.25) is 0 Å². The third-order valence-corrected chi connectivity index (χ3v) is 2.65. The summed E-state index contributed by atoms with van der Waals surface area (Å²) in [5.74, 6) is 0. The number of anilines is 1. The fourth-order valence-electron chi connectivity index (χ4n) is 1.87. The molecule has 2 heteroatoms. The minimum atomic E-state index is 0.461. The van der Waals surface area contributed by atoms with Crippen molar-refractivity contribution in [2.45, 2.75) is 18.9 Å². The maximum atomic E-state index is 5.76. The molecule has 0 spiro atoms. The highest BCUT2D eigenvalue weighted by Gasteiger charge is 2.17. The molecule has 0 saturated carbocycles. The molecule has 1 aromatic rings. The van der Waals surface area contributed by atoms with Crippen LogP contribution < -0.4 is 10.6 Å². The molecule has 0 aromatic heterocycles. The van der Waals surface area contributed by atoms with Crippen LogP contribution in [0.2, 0.25) is 0 Å². The first kappa shape index (κ1) is 9.28. The van der Waals surface area contributed by atoms with Gasteiger partial charge in [-0.1, -0.05) is 24.3 Å². The second-order valence-corrected chi connectivity index (χ2v) is 3.59. The van der Waals surface area contributed by atoms with E-state index in [1.54, 1.807) is 0 Å². The van der Waals surface area contributed by atoms with Crippen LogP contribution in [0, 0.1) is 0 Å². The van der Waals surface area contributed by atoms with Crippen molar-refractivity contribution in [2.75, 3.05) is 11.4 Å². The molecule has 1 aromatic carbocycles. The maximum absolute atomic E-state index is 5.76. The van der Waals surface area contributed by atoms with Crippen LogP contribution in [0.15, 0.2) is 42.6 Å². The summed E-state index contributed by atoms with van der Waals surface area (Å²) < 4.78 is 0. The van der Waals surface area contributed by atoms with Crippen molar-refractivity contribution in [3.05, 3.63) is 42.6 Å². The van der Waals surface area contributed by atoms with Crippen molar-refractivity contribution in [2.24, 2.45) is 5.73 Å². The predicted octanol–water partition coefficient (Wildman–Crippen LogP) is 2.13. The molecule has 0 aliphatic carbocycles. The smallest absolute Gasteiger partial charge is 0.0461 e. The van der Waals surface area contributed by atoms with E-state index >= 15 is 0 Å². The van der Waals surface area contributed by atoms with Crippen LogP contribution in [0.3, 0.4) is 0 Å². The van der Waals surface area contributed by atoms with Crippen molar-refractivity contribution >= 4 is 5.69 Å². The Morgan fingerprint density at radius 1 is 1.29 bits per heavy atom. The van der Waals surface area contributed by atoms with Gasteiger partial charge in [-0.2, -0.15) is 0 Å². The largest absolute Gasteiger partial charge is 0.344 e. The third kappa shape index (κ3) is 1.80. The van der Waals surface area contributed by atoms with Gasteiger partial charge in [0.05, 0.1) is 0 Å². The summed E-state index contributed by atoms with van der Waals surface area (Å²) in [6.07, 6.45) is 6.66. The second kappa shape index (κ2) is 4.29.